The first-order valence-corrected chi connectivity index (χ1v) is 12.9. The molecule has 1 amide bonds. The van der Waals surface area contributed by atoms with E-state index in [-0.39, 0.29) is 23.3 Å². The van der Waals surface area contributed by atoms with Crippen molar-refractivity contribution >= 4 is 33.0 Å². The van der Waals surface area contributed by atoms with Crippen molar-refractivity contribution in [1.29, 1.82) is 0 Å². The number of carbonyl (C=O) groups is 1. The quantitative estimate of drug-likeness (QED) is 0.547. The number of nitrogens with zero attached hydrogens (tertiary/aromatic N) is 3. The Labute approximate surface area is 195 Å². The second kappa shape index (κ2) is 9.32. The molecule has 0 saturated carbocycles. The maximum absolute atomic E-state index is 13.4. The van der Waals surface area contributed by atoms with Gasteiger partial charge in [0.05, 0.1) is 15.7 Å². The Morgan fingerprint density at radius 2 is 2.03 bits per heavy atom. The Kier molecular flexibility index (Phi) is 6.64. The minimum atomic E-state index is -3.81. The predicted octanol–water partition coefficient (Wildman–Crippen LogP) is 4.41. The number of anilines is 1. The molecule has 1 aromatic carbocycles. The van der Waals surface area contributed by atoms with Crippen LogP contribution >= 0.6 is 11.3 Å². The molecule has 1 atom stereocenters. The summed E-state index contributed by atoms with van der Waals surface area (Å²) < 4.78 is 46.6. The molecule has 11 heteroatoms. The van der Waals surface area contributed by atoms with Crippen LogP contribution in [0.3, 0.4) is 0 Å². The SMILES string of the molecule is Cc1sc(-c2noc(C(C)C)n2)cc1S(=O)(=O)N1CCCC(C(=O)Nc2ccc(F)cc2)C1. The second-order valence-corrected chi connectivity index (χ2v) is 11.5. The highest BCUT2D eigenvalue weighted by Crippen LogP contribution is 2.35. The zero-order valence-corrected chi connectivity index (χ0v) is 20.2. The number of halogens is 1. The van der Waals surface area contributed by atoms with Crippen molar-refractivity contribution in [3.8, 4) is 10.7 Å². The Morgan fingerprint density at radius 3 is 2.70 bits per heavy atom. The van der Waals surface area contributed by atoms with Crippen LogP contribution in [-0.2, 0) is 14.8 Å². The fraction of sp³-hybridized carbons (Fsp3) is 0.409. The van der Waals surface area contributed by atoms with Crippen molar-refractivity contribution in [1.82, 2.24) is 14.4 Å². The average Bonchev–Trinajstić information content (AvgIpc) is 3.43. The molecule has 1 saturated heterocycles. The van der Waals surface area contributed by atoms with Gasteiger partial charge in [-0.05, 0) is 50.1 Å². The number of nitrogens with one attached hydrogen (secondary N) is 1. The number of sulfonamides is 1. The summed E-state index contributed by atoms with van der Waals surface area (Å²) in [5, 5.41) is 6.72. The Morgan fingerprint density at radius 1 is 1.30 bits per heavy atom. The molecule has 176 valence electrons. The van der Waals surface area contributed by atoms with Crippen molar-refractivity contribution in [2.24, 2.45) is 5.92 Å². The Hall–Kier alpha value is -2.63. The van der Waals surface area contributed by atoms with Gasteiger partial charge in [0, 0.05) is 29.6 Å². The normalized spacial score (nSPS) is 17.4. The number of rotatable bonds is 6. The maximum atomic E-state index is 13.4. The lowest BCUT2D eigenvalue weighted by Crippen LogP contribution is -2.43. The molecule has 0 radical (unpaired) electrons. The van der Waals surface area contributed by atoms with E-state index in [0.717, 1.165) is 0 Å². The number of amides is 1. The molecule has 4 rings (SSSR count). The average molecular weight is 493 g/mol. The zero-order chi connectivity index (χ0) is 23.8. The van der Waals surface area contributed by atoms with Gasteiger partial charge in [-0.1, -0.05) is 19.0 Å². The highest BCUT2D eigenvalue weighted by atomic mass is 32.2. The topological polar surface area (TPSA) is 105 Å². The molecule has 0 bridgehead atoms. The van der Waals surface area contributed by atoms with Gasteiger partial charge in [-0.15, -0.1) is 11.3 Å². The number of piperidine rings is 1. The first kappa shape index (κ1) is 23.5. The van der Waals surface area contributed by atoms with E-state index in [9.17, 15) is 17.6 Å². The standard InChI is InChI=1S/C22H25FN4O4S2/c1-13(2)22-25-20(26-31-22)18-11-19(14(3)32-18)33(29,30)27-10-4-5-15(12-27)21(28)24-17-8-6-16(23)7-9-17/h6-9,11,13,15H,4-5,10,12H2,1-3H3,(H,24,28). The van der Waals surface area contributed by atoms with Crippen LogP contribution in [0.1, 0.15) is 43.4 Å². The van der Waals surface area contributed by atoms with Crippen LogP contribution in [-0.4, -0.2) is 41.9 Å². The lowest BCUT2D eigenvalue weighted by molar-refractivity contribution is -0.120. The van der Waals surface area contributed by atoms with Gasteiger partial charge in [-0.2, -0.15) is 9.29 Å². The van der Waals surface area contributed by atoms with E-state index >= 15 is 0 Å². The highest BCUT2D eigenvalue weighted by molar-refractivity contribution is 7.89. The predicted molar refractivity (Wildman–Crippen MR) is 123 cm³/mol. The summed E-state index contributed by atoms with van der Waals surface area (Å²) in [6, 6.07) is 7.05. The number of aryl methyl sites for hydroxylation is 1. The van der Waals surface area contributed by atoms with Crippen LogP contribution < -0.4 is 5.32 Å². The summed E-state index contributed by atoms with van der Waals surface area (Å²) in [5.41, 5.74) is 0.473. The first-order chi connectivity index (χ1) is 15.6. The molecule has 0 aliphatic carbocycles. The molecule has 33 heavy (non-hydrogen) atoms. The van der Waals surface area contributed by atoms with Gasteiger partial charge in [-0.25, -0.2) is 12.8 Å². The van der Waals surface area contributed by atoms with E-state index in [1.807, 2.05) is 13.8 Å². The van der Waals surface area contributed by atoms with Gasteiger partial charge in [0.25, 0.3) is 0 Å². The molecule has 1 aliphatic rings. The number of hydrogen-bond donors (Lipinski definition) is 1. The van der Waals surface area contributed by atoms with Crippen molar-refractivity contribution in [3.05, 3.63) is 46.9 Å². The van der Waals surface area contributed by atoms with Crippen LogP contribution in [0.4, 0.5) is 10.1 Å². The van der Waals surface area contributed by atoms with Gasteiger partial charge in [0.15, 0.2) is 0 Å². The van der Waals surface area contributed by atoms with E-state index in [1.165, 1.54) is 39.9 Å². The second-order valence-electron chi connectivity index (χ2n) is 8.34. The third-order valence-electron chi connectivity index (χ3n) is 5.51. The molecule has 0 spiro atoms. The molecule has 3 aromatic rings. The van der Waals surface area contributed by atoms with E-state index in [4.69, 9.17) is 4.52 Å². The van der Waals surface area contributed by atoms with E-state index < -0.39 is 21.8 Å². The van der Waals surface area contributed by atoms with Crippen molar-refractivity contribution < 1.29 is 22.1 Å². The summed E-state index contributed by atoms with van der Waals surface area (Å²) in [4.78, 5) is 18.5. The largest absolute Gasteiger partial charge is 0.339 e. The number of aromatic nitrogens is 2. The van der Waals surface area contributed by atoms with Crippen LogP contribution in [0.2, 0.25) is 0 Å². The summed E-state index contributed by atoms with van der Waals surface area (Å²) in [7, 11) is -3.81. The fourth-order valence-corrected chi connectivity index (χ4v) is 6.70. The molecular formula is C22H25FN4O4S2. The zero-order valence-electron chi connectivity index (χ0n) is 18.5. The number of hydrogen-bond acceptors (Lipinski definition) is 7. The summed E-state index contributed by atoms with van der Waals surface area (Å²) >= 11 is 1.29. The third kappa shape index (κ3) is 4.99. The molecular weight excluding hydrogens is 467 g/mol. The van der Waals surface area contributed by atoms with Gasteiger partial charge in [-0.3, -0.25) is 4.79 Å². The summed E-state index contributed by atoms with van der Waals surface area (Å²) in [5.74, 6) is -0.244. The monoisotopic (exact) mass is 492 g/mol. The molecule has 2 aromatic heterocycles. The van der Waals surface area contributed by atoms with E-state index in [2.05, 4.69) is 15.5 Å². The number of benzene rings is 1. The molecule has 1 unspecified atom stereocenters. The first-order valence-electron chi connectivity index (χ1n) is 10.7. The minimum absolute atomic E-state index is 0.0712. The van der Waals surface area contributed by atoms with Crippen LogP contribution in [0.5, 0.6) is 0 Å². The molecule has 3 heterocycles. The Balaban J connectivity index is 1.51. The van der Waals surface area contributed by atoms with Gasteiger partial charge in [0.1, 0.15) is 5.82 Å². The smallest absolute Gasteiger partial charge is 0.244 e. The molecule has 1 fully saturated rings. The third-order valence-corrected chi connectivity index (χ3v) is 8.68. The lowest BCUT2D eigenvalue weighted by atomic mass is 9.99. The van der Waals surface area contributed by atoms with Crippen molar-refractivity contribution in [3.63, 3.8) is 0 Å². The minimum Gasteiger partial charge on any atom is -0.339 e. The van der Waals surface area contributed by atoms with Crippen LogP contribution in [0.25, 0.3) is 10.7 Å². The van der Waals surface area contributed by atoms with Crippen LogP contribution in [0.15, 0.2) is 39.8 Å². The van der Waals surface area contributed by atoms with E-state index in [0.29, 0.717) is 46.5 Å². The molecule has 8 nitrogen and oxygen atoms in total. The van der Waals surface area contributed by atoms with E-state index in [1.54, 1.807) is 13.0 Å². The molecule has 1 aliphatic heterocycles. The van der Waals surface area contributed by atoms with Crippen molar-refractivity contribution in [2.45, 2.75) is 44.4 Å². The molecule has 1 N–H and O–H groups in total. The number of carbonyl (C=O) groups excluding carboxylic acids is 1. The van der Waals surface area contributed by atoms with Gasteiger partial charge < -0.3 is 9.84 Å². The maximum Gasteiger partial charge on any atom is 0.244 e. The van der Waals surface area contributed by atoms with Crippen molar-refractivity contribution in [2.75, 3.05) is 18.4 Å². The van der Waals surface area contributed by atoms with Crippen LogP contribution in [0, 0.1) is 18.7 Å². The summed E-state index contributed by atoms with van der Waals surface area (Å²) in [6.45, 7) is 6.04. The Bertz CT molecular complexity index is 1250. The lowest BCUT2D eigenvalue weighted by Gasteiger charge is -2.31. The highest BCUT2D eigenvalue weighted by Gasteiger charge is 2.35. The van der Waals surface area contributed by atoms with Gasteiger partial charge >= 0.3 is 0 Å². The summed E-state index contributed by atoms with van der Waals surface area (Å²) in [6.07, 6.45) is 1.15. The fourth-order valence-electron chi connectivity index (χ4n) is 3.69. The number of thiophene rings is 1. The van der Waals surface area contributed by atoms with Gasteiger partial charge in [0.2, 0.25) is 27.6 Å².